The van der Waals surface area contributed by atoms with Gasteiger partial charge in [0.15, 0.2) is 5.78 Å². The minimum Gasteiger partial charge on any atom is -0.469 e. The molecule has 0 N–H and O–H groups in total. The highest BCUT2D eigenvalue weighted by atomic mass is 16.6. The SMILES string of the molecule is COC(=O)CCC(=O)[C@@H]1COC(C)(C)N1C(=O)OC(C)(C)C. The van der Waals surface area contributed by atoms with Gasteiger partial charge in [-0.3, -0.25) is 14.5 Å². The number of carbonyl (C=O) groups is 3. The van der Waals surface area contributed by atoms with Crippen molar-refractivity contribution in [3.8, 4) is 0 Å². The monoisotopic (exact) mass is 315 g/mol. The summed E-state index contributed by atoms with van der Waals surface area (Å²) in [6, 6.07) is -0.755. The van der Waals surface area contributed by atoms with E-state index in [-0.39, 0.29) is 25.2 Å². The van der Waals surface area contributed by atoms with Gasteiger partial charge in [0.25, 0.3) is 0 Å². The number of hydrogen-bond acceptors (Lipinski definition) is 6. The van der Waals surface area contributed by atoms with Crippen molar-refractivity contribution in [3.63, 3.8) is 0 Å². The maximum atomic E-state index is 12.4. The van der Waals surface area contributed by atoms with E-state index in [0.717, 1.165) is 0 Å². The van der Waals surface area contributed by atoms with E-state index in [0.29, 0.717) is 0 Å². The molecule has 0 aliphatic carbocycles. The number of methoxy groups -OCH3 is 1. The topological polar surface area (TPSA) is 82.1 Å². The average molecular weight is 315 g/mol. The third-order valence-corrected chi connectivity index (χ3v) is 3.25. The number of ether oxygens (including phenoxy) is 3. The van der Waals surface area contributed by atoms with Crippen LogP contribution in [0.15, 0.2) is 0 Å². The van der Waals surface area contributed by atoms with Crippen molar-refractivity contribution >= 4 is 17.8 Å². The molecule has 1 aliphatic heterocycles. The standard InChI is InChI=1S/C15H25NO6/c1-14(2,3)22-13(19)16-10(9-21-15(16,4)5)11(17)7-8-12(18)20-6/h10H,7-9H2,1-6H3/t10-/m0/s1. The molecule has 1 amide bonds. The van der Waals surface area contributed by atoms with Crippen molar-refractivity contribution in [2.75, 3.05) is 13.7 Å². The van der Waals surface area contributed by atoms with Gasteiger partial charge >= 0.3 is 12.1 Å². The Bertz CT molecular complexity index is 451. The molecule has 7 nitrogen and oxygen atoms in total. The maximum absolute atomic E-state index is 12.4. The van der Waals surface area contributed by atoms with E-state index in [4.69, 9.17) is 9.47 Å². The van der Waals surface area contributed by atoms with Crippen LogP contribution in [-0.4, -0.2) is 53.8 Å². The zero-order chi connectivity index (χ0) is 17.1. The lowest BCUT2D eigenvalue weighted by Gasteiger charge is -2.34. The molecule has 7 heteroatoms. The summed E-state index contributed by atoms with van der Waals surface area (Å²) in [5.74, 6) is -0.711. The Balaban J connectivity index is 2.82. The minimum absolute atomic E-state index is 0.00389. The molecule has 0 saturated carbocycles. The van der Waals surface area contributed by atoms with E-state index in [1.807, 2.05) is 0 Å². The average Bonchev–Trinajstić information content (AvgIpc) is 2.69. The third-order valence-electron chi connectivity index (χ3n) is 3.25. The first-order chi connectivity index (χ1) is 9.98. The van der Waals surface area contributed by atoms with Crippen LogP contribution in [0.2, 0.25) is 0 Å². The van der Waals surface area contributed by atoms with E-state index < -0.39 is 29.4 Å². The largest absolute Gasteiger partial charge is 0.469 e. The lowest BCUT2D eigenvalue weighted by Crippen LogP contribution is -2.52. The van der Waals surface area contributed by atoms with Gasteiger partial charge in [-0.05, 0) is 34.6 Å². The molecule has 0 spiro atoms. The van der Waals surface area contributed by atoms with Gasteiger partial charge in [-0.15, -0.1) is 0 Å². The molecular formula is C15H25NO6. The van der Waals surface area contributed by atoms with Gasteiger partial charge in [0.1, 0.15) is 17.4 Å². The molecular weight excluding hydrogens is 290 g/mol. The molecule has 126 valence electrons. The van der Waals surface area contributed by atoms with Crippen LogP contribution in [0.5, 0.6) is 0 Å². The van der Waals surface area contributed by atoms with Crippen molar-refractivity contribution in [3.05, 3.63) is 0 Å². The molecule has 1 atom stereocenters. The minimum atomic E-state index is -0.937. The van der Waals surface area contributed by atoms with Gasteiger partial charge in [-0.1, -0.05) is 0 Å². The zero-order valence-corrected chi connectivity index (χ0v) is 14.1. The summed E-state index contributed by atoms with van der Waals surface area (Å²) < 4.78 is 15.4. The summed E-state index contributed by atoms with van der Waals surface area (Å²) in [6.45, 7) is 8.75. The molecule has 0 aromatic heterocycles. The number of carbonyl (C=O) groups excluding carboxylic acids is 3. The number of ketones is 1. The van der Waals surface area contributed by atoms with Gasteiger partial charge in [0.05, 0.1) is 20.1 Å². The highest BCUT2D eigenvalue weighted by Crippen LogP contribution is 2.30. The molecule has 1 fully saturated rings. The first kappa shape index (κ1) is 18.4. The molecule has 22 heavy (non-hydrogen) atoms. The summed E-state index contributed by atoms with van der Waals surface area (Å²) in [5.41, 5.74) is -1.61. The molecule has 0 bridgehead atoms. The number of rotatable bonds is 4. The predicted molar refractivity (Wildman–Crippen MR) is 78.1 cm³/mol. The second-order valence-electron chi connectivity index (χ2n) is 6.67. The first-order valence-corrected chi connectivity index (χ1v) is 7.24. The normalized spacial score (nSPS) is 20.6. The van der Waals surface area contributed by atoms with E-state index in [9.17, 15) is 14.4 Å². The highest BCUT2D eigenvalue weighted by molar-refractivity contribution is 5.90. The Kier molecular flexibility index (Phi) is 5.56. The molecule has 1 saturated heterocycles. The third kappa shape index (κ3) is 4.69. The van der Waals surface area contributed by atoms with Gasteiger partial charge in [-0.25, -0.2) is 4.79 Å². The van der Waals surface area contributed by atoms with Crippen LogP contribution < -0.4 is 0 Å². The molecule has 0 radical (unpaired) electrons. The Morgan fingerprint density at radius 3 is 2.32 bits per heavy atom. The van der Waals surface area contributed by atoms with Crippen LogP contribution in [-0.2, 0) is 23.8 Å². The Morgan fingerprint density at radius 2 is 1.82 bits per heavy atom. The number of Topliss-reactive ketones (excluding diaryl/α,β-unsaturated/α-hetero) is 1. The maximum Gasteiger partial charge on any atom is 0.413 e. The molecule has 0 aromatic carbocycles. The molecule has 1 heterocycles. The van der Waals surface area contributed by atoms with E-state index in [2.05, 4.69) is 4.74 Å². The second-order valence-corrected chi connectivity index (χ2v) is 6.67. The number of amides is 1. The molecule has 1 rings (SSSR count). The van der Waals surface area contributed by atoms with Gasteiger partial charge in [0.2, 0.25) is 0 Å². The van der Waals surface area contributed by atoms with Gasteiger partial charge in [0, 0.05) is 6.42 Å². The number of nitrogens with zero attached hydrogens (tertiary/aromatic N) is 1. The summed E-state index contributed by atoms with van der Waals surface area (Å²) >= 11 is 0. The smallest absolute Gasteiger partial charge is 0.413 e. The van der Waals surface area contributed by atoms with Crippen molar-refractivity contribution in [2.45, 2.75) is 64.8 Å². The van der Waals surface area contributed by atoms with Crippen LogP contribution in [0.4, 0.5) is 4.79 Å². The summed E-state index contributed by atoms with van der Waals surface area (Å²) in [7, 11) is 1.27. The Labute approximate surface area is 130 Å². The van der Waals surface area contributed by atoms with E-state index >= 15 is 0 Å². The van der Waals surface area contributed by atoms with Gasteiger partial charge < -0.3 is 14.2 Å². The number of esters is 1. The fourth-order valence-corrected chi connectivity index (χ4v) is 2.19. The van der Waals surface area contributed by atoms with Crippen LogP contribution in [0.25, 0.3) is 0 Å². The Hall–Kier alpha value is -1.63. The van der Waals surface area contributed by atoms with Crippen molar-refractivity contribution in [1.29, 1.82) is 0 Å². The second kappa shape index (κ2) is 6.64. The molecule has 0 aromatic rings. The van der Waals surface area contributed by atoms with E-state index in [1.54, 1.807) is 34.6 Å². The molecule has 1 aliphatic rings. The van der Waals surface area contributed by atoms with Crippen LogP contribution in [0.1, 0.15) is 47.5 Å². The van der Waals surface area contributed by atoms with Crippen molar-refractivity contribution in [1.82, 2.24) is 4.90 Å². The van der Waals surface area contributed by atoms with Crippen LogP contribution in [0, 0.1) is 0 Å². The summed E-state index contributed by atoms with van der Waals surface area (Å²) in [6.07, 6.45) is -0.628. The lowest BCUT2D eigenvalue weighted by molar-refractivity contribution is -0.142. The van der Waals surface area contributed by atoms with Crippen molar-refractivity contribution in [2.24, 2.45) is 0 Å². The predicted octanol–water partition coefficient (Wildman–Crippen LogP) is 1.88. The van der Waals surface area contributed by atoms with Crippen molar-refractivity contribution < 1.29 is 28.6 Å². The van der Waals surface area contributed by atoms with Gasteiger partial charge in [-0.2, -0.15) is 0 Å². The molecule has 0 unspecified atom stereocenters. The first-order valence-electron chi connectivity index (χ1n) is 7.24. The number of hydrogen-bond donors (Lipinski definition) is 0. The lowest BCUT2D eigenvalue weighted by atomic mass is 10.1. The van der Waals surface area contributed by atoms with Crippen LogP contribution in [0.3, 0.4) is 0 Å². The summed E-state index contributed by atoms with van der Waals surface area (Å²) in [5, 5.41) is 0. The fraction of sp³-hybridized carbons (Fsp3) is 0.800. The van der Waals surface area contributed by atoms with E-state index in [1.165, 1.54) is 12.0 Å². The fourth-order valence-electron chi connectivity index (χ4n) is 2.19. The van der Waals surface area contributed by atoms with Crippen LogP contribution >= 0.6 is 0 Å². The summed E-state index contributed by atoms with van der Waals surface area (Å²) in [4.78, 5) is 37.1. The highest BCUT2D eigenvalue weighted by Gasteiger charge is 2.48. The quantitative estimate of drug-likeness (QED) is 0.737. The Morgan fingerprint density at radius 1 is 1.23 bits per heavy atom. The zero-order valence-electron chi connectivity index (χ0n) is 14.1.